The molecule has 18 heavy (non-hydrogen) atoms. The molecule has 0 aliphatic heterocycles. The Morgan fingerprint density at radius 3 is 2.72 bits per heavy atom. The number of benzene rings is 1. The van der Waals surface area contributed by atoms with E-state index in [9.17, 15) is 4.79 Å². The smallest absolute Gasteiger partial charge is 0.244 e. The lowest BCUT2D eigenvalue weighted by atomic mass is 10.1. The van der Waals surface area contributed by atoms with Gasteiger partial charge in [0.05, 0.1) is 6.61 Å². The summed E-state index contributed by atoms with van der Waals surface area (Å²) in [5.74, 6) is -0.113. The highest BCUT2D eigenvalue weighted by molar-refractivity contribution is 5.83. The monoisotopic (exact) mass is 248 g/mol. The number of hydrogen-bond donors (Lipinski definition) is 1. The second kappa shape index (κ2) is 7.63. The SMILES string of the molecule is C=CCN(CCOC)C(=O)[C@@H](N)c1ccccc1. The standard InChI is InChI=1S/C14H20N2O2/c1-3-9-16(10-11-18-2)14(17)13(15)12-7-5-4-6-8-12/h3-8,13H,1,9-11,15H2,2H3/t13-/m0/s1. The molecule has 0 bridgehead atoms. The zero-order valence-corrected chi connectivity index (χ0v) is 10.7. The van der Waals surface area contributed by atoms with Crippen LogP contribution in [0.5, 0.6) is 0 Å². The molecule has 4 heteroatoms. The van der Waals surface area contributed by atoms with Crippen LogP contribution in [0.2, 0.25) is 0 Å². The zero-order valence-electron chi connectivity index (χ0n) is 10.7. The second-order valence-corrected chi connectivity index (χ2v) is 3.95. The Labute approximate surface area is 108 Å². The first kappa shape index (κ1) is 14.4. The molecule has 0 fully saturated rings. The van der Waals surface area contributed by atoms with Gasteiger partial charge in [-0.3, -0.25) is 4.79 Å². The van der Waals surface area contributed by atoms with Gasteiger partial charge in [0.1, 0.15) is 6.04 Å². The Balaban J connectivity index is 2.72. The quantitative estimate of drug-likeness (QED) is 0.741. The summed E-state index contributed by atoms with van der Waals surface area (Å²) in [4.78, 5) is 13.9. The lowest BCUT2D eigenvalue weighted by molar-refractivity contribution is -0.132. The third kappa shape index (κ3) is 3.98. The van der Waals surface area contributed by atoms with E-state index in [1.165, 1.54) is 0 Å². The summed E-state index contributed by atoms with van der Waals surface area (Å²) in [6, 6.07) is 8.71. The molecule has 0 aliphatic rings. The first-order valence-corrected chi connectivity index (χ1v) is 5.89. The molecule has 1 aromatic rings. The fraction of sp³-hybridized carbons (Fsp3) is 0.357. The maximum atomic E-state index is 12.2. The van der Waals surface area contributed by atoms with Crippen molar-refractivity contribution in [1.29, 1.82) is 0 Å². The highest BCUT2D eigenvalue weighted by atomic mass is 16.5. The van der Waals surface area contributed by atoms with E-state index in [-0.39, 0.29) is 5.91 Å². The van der Waals surface area contributed by atoms with Crippen molar-refractivity contribution in [2.24, 2.45) is 5.73 Å². The molecule has 1 rings (SSSR count). The van der Waals surface area contributed by atoms with Crippen molar-refractivity contribution in [1.82, 2.24) is 4.90 Å². The molecule has 1 amide bonds. The van der Waals surface area contributed by atoms with Crippen molar-refractivity contribution in [3.05, 3.63) is 48.6 Å². The van der Waals surface area contributed by atoms with Crippen LogP contribution in [0.4, 0.5) is 0 Å². The number of nitrogens with zero attached hydrogens (tertiary/aromatic N) is 1. The summed E-state index contributed by atoms with van der Waals surface area (Å²) in [5, 5.41) is 0. The van der Waals surface area contributed by atoms with Gasteiger partial charge < -0.3 is 15.4 Å². The average Bonchev–Trinajstić information content (AvgIpc) is 2.43. The third-order valence-electron chi connectivity index (χ3n) is 2.65. The number of hydrogen-bond acceptors (Lipinski definition) is 3. The number of ether oxygens (including phenoxy) is 1. The number of nitrogens with two attached hydrogens (primary N) is 1. The molecule has 0 saturated carbocycles. The van der Waals surface area contributed by atoms with Crippen molar-refractivity contribution < 1.29 is 9.53 Å². The molecule has 0 radical (unpaired) electrons. The minimum atomic E-state index is -0.636. The van der Waals surface area contributed by atoms with E-state index in [2.05, 4.69) is 6.58 Å². The van der Waals surface area contributed by atoms with Crippen LogP contribution in [0, 0.1) is 0 Å². The Morgan fingerprint density at radius 1 is 1.50 bits per heavy atom. The van der Waals surface area contributed by atoms with Gasteiger partial charge in [0, 0.05) is 20.2 Å². The normalized spacial score (nSPS) is 11.9. The molecule has 98 valence electrons. The van der Waals surface area contributed by atoms with Crippen LogP contribution in [-0.4, -0.2) is 37.6 Å². The van der Waals surface area contributed by atoms with Crippen molar-refractivity contribution in [3.8, 4) is 0 Å². The summed E-state index contributed by atoms with van der Waals surface area (Å²) in [6.45, 7) is 5.13. The molecule has 4 nitrogen and oxygen atoms in total. The maximum Gasteiger partial charge on any atom is 0.244 e. The molecule has 0 saturated heterocycles. The predicted octanol–water partition coefficient (Wildman–Crippen LogP) is 1.35. The Hall–Kier alpha value is -1.65. The molecule has 0 aromatic heterocycles. The predicted molar refractivity (Wildman–Crippen MR) is 72.0 cm³/mol. The number of rotatable bonds is 7. The molecular formula is C14H20N2O2. The van der Waals surface area contributed by atoms with Crippen LogP contribution in [0.1, 0.15) is 11.6 Å². The Bertz CT molecular complexity index is 379. The molecular weight excluding hydrogens is 228 g/mol. The number of carbonyl (C=O) groups excluding carboxylic acids is 1. The van der Waals surface area contributed by atoms with Gasteiger partial charge in [-0.25, -0.2) is 0 Å². The molecule has 0 unspecified atom stereocenters. The van der Waals surface area contributed by atoms with Crippen LogP contribution < -0.4 is 5.73 Å². The van der Waals surface area contributed by atoms with E-state index < -0.39 is 6.04 Å². The molecule has 0 aliphatic carbocycles. The molecule has 1 aromatic carbocycles. The molecule has 1 atom stereocenters. The van der Waals surface area contributed by atoms with E-state index in [0.717, 1.165) is 5.56 Å². The maximum absolute atomic E-state index is 12.2. The topological polar surface area (TPSA) is 55.6 Å². The summed E-state index contributed by atoms with van der Waals surface area (Å²) in [5.41, 5.74) is 6.79. The van der Waals surface area contributed by atoms with Gasteiger partial charge in [-0.15, -0.1) is 6.58 Å². The van der Waals surface area contributed by atoms with Gasteiger partial charge in [-0.2, -0.15) is 0 Å². The van der Waals surface area contributed by atoms with Crippen molar-refractivity contribution in [2.45, 2.75) is 6.04 Å². The molecule has 0 spiro atoms. The summed E-state index contributed by atoms with van der Waals surface area (Å²) in [6.07, 6.45) is 1.69. The average molecular weight is 248 g/mol. The van der Waals surface area contributed by atoms with E-state index >= 15 is 0 Å². The number of methoxy groups -OCH3 is 1. The van der Waals surface area contributed by atoms with Crippen LogP contribution in [-0.2, 0) is 9.53 Å². The Kier molecular flexibility index (Phi) is 6.11. The fourth-order valence-electron chi connectivity index (χ4n) is 1.65. The van der Waals surface area contributed by atoms with E-state index in [1.807, 2.05) is 30.3 Å². The van der Waals surface area contributed by atoms with Crippen molar-refractivity contribution in [3.63, 3.8) is 0 Å². The number of amides is 1. The van der Waals surface area contributed by atoms with Gasteiger partial charge in [0.15, 0.2) is 0 Å². The van der Waals surface area contributed by atoms with Crippen LogP contribution in [0.15, 0.2) is 43.0 Å². The minimum absolute atomic E-state index is 0.113. The molecule has 2 N–H and O–H groups in total. The van der Waals surface area contributed by atoms with E-state index in [4.69, 9.17) is 10.5 Å². The van der Waals surface area contributed by atoms with Crippen LogP contribution >= 0.6 is 0 Å². The first-order valence-electron chi connectivity index (χ1n) is 5.89. The summed E-state index contributed by atoms with van der Waals surface area (Å²) < 4.78 is 4.99. The van der Waals surface area contributed by atoms with Gasteiger partial charge in [0.2, 0.25) is 5.91 Å². The number of carbonyl (C=O) groups is 1. The lowest BCUT2D eigenvalue weighted by Crippen LogP contribution is -2.40. The second-order valence-electron chi connectivity index (χ2n) is 3.95. The fourth-order valence-corrected chi connectivity index (χ4v) is 1.65. The van der Waals surface area contributed by atoms with E-state index in [0.29, 0.717) is 19.7 Å². The lowest BCUT2D eigenvalue weighted by Gasteiger charge is -2.24. The minimum Gasteiger partial charge on any atom is -0.383 e. The van der Waals surface area contributed by atoms with Gasteiger partial charge >= 0.3 is 0 Å². The summed E-state index contributed by atoms with van der Waals surface area (Å²) >= 11 is 0. The van der Waals surface area contributed by atoms with Crippen molar-refractivity contribution >= 4 is 5.91 Å². The summed E-state index contributed by atoms with van der Waals surface area (Å²) in [7, 11) is 1.60. The zero-order chi connectivity index (χ0) is 13.4. The van der Waals surface area contributed by atoms with Crippen LogP contribution in [0.25, 0.3) is 0 Å². The van der Waals surface area contributed by atoms with Gasteiger partial charge in [0.25, 0.3) is 0 Å². The third-order valence-corrected chi connectivity index (χ3v) is 2.65. The van der Waals surface area contributed by atoms with Gasteiger partial charge in [-0.05, 0) is 5.56 Å². The highest BCUT2D eigenvalue weighted by Crippen LogP contribution is 2.12. The Morgan fingerprint density at radius 2 is 2.17 bits per heavy atom. The first-order chi connectivity index (χ1) is 8.70. The van der Waals surface area contributed by atoms with E-state index in [1.54, 1.807) is 18.1 Å². The largest absolute Gasteiger partial charge is 0.383 e. The highest BCUT2D eigenvalue weighted by Gasteiger charge is 2.21. The van der Waals surface area contributed by atoms with Gasteiger partial charge in [-0.1, -0.05) is 36.4 Å². The van der Waals surface area contributed by atoms with Crippen LogP contribution in [0.3, 0.4) is 0 Å². The molecule has 0 heterocycles. The van der Waals surface area contributed by atoms with Crippen molar-refractivity contribution in [2.75, 3.05) is 26.8 Å².